The van der Waals surface area contributed by atoms with Crippen molar-refractivity contribution in [2.75, 3.05) is 75.5 Å². The fraction of sp³-hybridized carbons (Fsp3) is 0.333. The SMILES string of the molecule is CCC(Oc1cc(C(=O)N2CCC(=O)N(CC(=O)N3CCN(C)CC3)c3ccccc32)ccc1NC(=O)c1ccccc1-c1ccc(C)cc1)N(C)C. The number of aryl methyl sites for hydroxylation is 1. The molecular weight excluding hydrogens is 668 g/mol. The number of hydrogen-bond donors (Lipinski definition) is 1. The topological polar surface area (TPSA) is 106 Å². The van der Waals surface area contributed by atoms with E-state index in [1.165, 1.54) is 4.90 Å². The second-order valence-electron chi connectivity index (χ2n) is 13.9. The van der Waals surface area contributed by atoms with Crippen LogP contribution in [0, 0.1) is 6.92 Å². The van der Waals surface area contributed by atoms with Crippen LogP contribution in [0.2, 0.25) is 0 Å². The van der Waals surface area contributed by atoms with E-state index in [0.717, 1.165) is 29.8 Å². The molecule has 0 bridgehead atoms. The molecule has 1 saturated heterocycles. The van der Waals surface area contributed by atoms with Crippen LogP contribution in [0.15, 0.2) is 91.0 Å². The molecule has 0 aromatic heterocycles. The third-order valence-corrected chi connectivity index (χ3v) is 9.91. The molecule has 4 aromatic rings. The summed E-state index contributed by atoms with van der Waals surface area (Å²) in [5.74, 6) is -0.638. The van der Waals surface area contributed by atoms with Crippen molar-refractivity contribution in [3.8, 4) is 16.9 Å². The second-order valence-corrected chi connectivity index (χ2v) is 13.9. The number of likely N-dealkylation sites (N-methyl/N-ethyl adjacent to an activating group) is 1. The zero-order valence-corrected chi connectivity index (χ0v) is 31.2. The van der Waals surface area contributed by atoms with Crippen LogP contribution in [0.25, 0.3) is 11.1 Å². The minimum Gasteiger partial charge on any atom is -0.473 e. The number of amides is 4. The highest BCUT2D eigenvalue weighted by molar-refractivity contribution is 6.13. The van der Waals surface area contributed by atoms with Crippen molar-refractivity contribution in [1.29, 1.82) is 0 Å². The molecule has 1 N–H and O–H groups in total. The Kier molecular flexibility index (Phi) is 11.6. The Labute approximate surface area is 311 Å². The zero-order chi connectivity index (χ0) is 37.6. The molecule has 1 fully saturated rings. The number of benzene rings is 4. The van der Waals surface area contributed by atoms with Crippen LogP contribution < -0.4 is 19.9 Å². The van der Waals surface area contributed by atoms with Gasteiger partial charge in [-0.25, -0.2) is 0 Å². The first-order valence-electron chi connectivity index (χ1n) is 18.2. The van der Waals surface area contributed by atoms with E-state index in [2.05, 4.69) is 10.2 Å². The van der Waals surface area contributed by atoms with Crippen LogP contribution in [0.4, 0.5) is 17.1 Å². The highest BCUT2D eigenvalue weighted by Crippen LogP contribution is 2.36. The molecule has 2 aliphatic heterocycles. The largest absolute Gasteiger partial charge is 0.473 e. The molecule has 2 heterocycles. The lowest BCUT2D eigenvalue weighted by molar-refractivity contribution is -0.132. The minimum absolute atomic E-state index is 0.0485. The van der Waals surface area contributed by atoms with Crippen molar-refractivity contribution in [2.24, 2.45) is 0 Å². The molecule has 4 aromatic carbocycles. The van der Waals surface area contributed by atoms with Gasteiger partial charge >= 0.3 is 0 Å². The highest BCUT2D eigenvalue weighted by Gasteiger charge is 2.33. The molecule has 6 rings (SSSR count). The summed E-state index contributed by atoms with van der Waals surface area (Å²) < 4.78 is 6.47. The van der Waals surface area contributed by atoms with Gasteiger partial charge in [-0.2, -0.15) is 0 Å². The second kappa shape index (κ2) is 16.4. The Morgan fingerprint density at radius 2 is 1.53 bits per heavy atom. The van der Waals surface area contributed by atoms with Gasteiger partial charge < -0.3 is 29.7 Å². The minimum atomic E-state index is -0.334. The standard InChI is InChI=1S/C42H48N6O5/c1-6-40(44(3)4)53-37-27-31(19-20-34(37)43-41(51)33-12-8-7-11-32(33)30-17-15-29(2)16-18-30)42(52)47-22-21-38(49)48(36-14-10-9-13-35(36)47)28-39(50)46-25-23-45(5)24-26-46/h7-20,27,40H,6,21-26,28H2,1-5H3,(H,43,51). The van der Waals surface area contributed by atoms with E-state index in [1.807, 2.05) is 88.4 Å². The van der Waals surface area contributed by atoms with Crippen molar-refractivity contribution in [2.45, 2.75) is 32.9 Å². The van der Waals surface area contributed by atoms with E-state index in [-0.39, 0.29) is 49.4 Å². The van der Waals surface area contributed by atoms with E-state index >= 15 is 0 Å². The van der Waals surface area contributed by atoms with Crippen LogP contribution in [0.1, 0.15) is 46.0 Å². The Morgan fingerprint density at radius 1 is 0.849 bits per heavy atom. The summed E-state index contributed by atoms with van der Waals surface area (Å²) in [5, 5.41) is 3.05. The Morgan fingerprint density at radius 3 is 2.23 bits per heavy atom. The smallest absolute Gasteiger partial charge is 0.258 e. The average Bonchev–Trinajstić information content (AvgIpc) is 3.30. The van der Waals surface area contributed by atoms with Gasteiger partial charge in [0.1, 0.15) is 12.3 Å². The van der Waals surface area contributed by atoms with E-state index in [1.54, 1.807) is 52.3 Å². The molecule has 0 saturated carbocycles. The van der Waals surface area contributed by atoms with Gasteiger partial charge in [-0.3, -0.25) is 24.1 Å². The molecule has 11 nitrogen and oxygen atoms in total. The van der Waals surface area contributed by atoms with Gasteiger partial charge in [0.15, 0.2) is 6.23 Å². The van der Waals surface area contributed by atoms with Gasteiger partial charge in [0.25, 0.3) is 11.8 Å². The van der Waals surface area contributed by atoms with Crippen molar-refractivity contribution >= 4 is 40.7 Å². The van der Waals surface area contributed by atoms with Gasteiger partial charge in [0.05, 0.1) is 17.1 Å². The van der Waals surface area contributed by atoms with E-state index in [4.69, 9.17) is 4.74 Å². The highest BCUT2D eigenvalue weighted by atomic mass is 16.5. The number of anilines is 3. The monoisotopic (exact) mass is 716 g/mol. The van der Waals surface area contributed by atoms with Gasteiger partial charge in [0, 0.05) is 50.3 Å². The molecule has 53 heavy (non-hydrogen) atoms. The Balaban J connectivity index is 1.30. The van der Waals surface area contributed by atoms with E-state index in [0.29, 0.717) is 53.4 Å². The molecule has 4 amide bonds. The fourth-order valence-corrected chi connectivity index (χ4v) is 6.76. The molecule has 1 atom stereocenters. The maximum Gasteiger partial charge on any atom is 0.258 e. The molecule has 0 aliphatic carbocycles. The number of rotatable bonds is 10. The van der Waals surface area contributed by atoms with Gasteiger partial charge in [0.2, 0.25) is 11.8 Å². The number of fused-ring (bicyclic) bond motifs is 1. The lowest BCUT2D eigenvalue weighted by Crippen LogP contribution is -2.50. The van der Waals surface area contributed by atoms with Crippen molar-refractivity contribution < 1.29 is 23.9 Å². The summed E-state index contributed by atoms with van der Waals surface area (Å²) in [6, 6.07) is 27.7. The lowest BCUT2D eigenvalue weighted by atomic mass is 9.98. The Bertz CT molecular complexity index is 1970. The van der Waals surface area contributed by atoms with Gasteiger partial charge in [-0.15, -0.1) is 0 Å². The molecule has 2 aliphatic rings. The van der Waals surface area contributed by atoms with Crippen LogP contribution in [0.3, 0.4) is 0 Å². The van der Waals surface area contributed by atoms with Crippen LogP contribution in [-0.4, -0.2) is 105 Å². The predicted octanol–water partition coefficient (Wildman–Crippen LogP) is 5.75. The molecular formula is C42H48N6O5. The van der Waals surface area contributed by atoms with Crippen molar-refractivity contribution in [1.82, 2.24) is 14.7 Å². The first kappa shape index (κ1) is 37.2. The summed E-state index contributed by atoms with van der Waals surface area (Å²) in [7, 11) is 5.84. The first-order valence-corrected chi connectivity index (χ1v) is 18.2. The number of nitrogens with one attached hydrogen (secondary N) is 1. The molecule has 1 unspecified atom stereocenters. The van der Waals surface area contributed by atoms with E-state index in [9.17, 15) is 19.2 Å². The fourth-order valence-electron chi connectivity index (χ4n) is 6.76. The Hall–Kier alpha value is -5.52. The van der Waals surface area contributed by atoms with Crippen LogP contribution >= 0.6 is 0 Å². The quantitative estimate of drug-likeness (QED) is 0.209. The van der Waals surface area contributed by atoms with Crippen LogP contribution in [-0.2, 0) is 9.59 Å². The lowest BCUT2D eigenvalue weighted by Gasteiger charge is -2.34. The number of carbonyl (C=O) groups excluding carboxylic acids is 4. The summed E-state index contributed by atoms with van der Waals surface area (Å²) in [4.78, 5) is 64.2. The predicted molar refractivity (Wildman–Crippen MR) is 209 cm³/mol. The van der Waals surface area contributed by atoms with Crippen molar-refractivity contribution in [3.05, 3.63) is 108 Å². The molecule has 276 valence electrons. The number of hydrogen-bond acceptors (Lipinski definition) is 7. The molecule has 11 heteroatoms. The van der Waals surface area contributed by atoms with E-state index < -0.39 is 0 Å². The maximum atomic E-state index is 14.4. The molecule has 0 spiro atoms. The first-order chi connectivity index (χ1) is 25.5. The normalized spacial score (nSPS) is 15.5. The number of carbonyl (C=O) groups is 4. The third kappa shape index (κ3) is 8.42. The average molecular weight is 717 g/mol. The van der Waals surface area contributed by atoms with Crippen molar-refractivity contribution in [3.63, 3.8) is 0 Å². The summed E-state index contributed by atoms with van der Waals surface area (Å²) >= 11 is 0. The van der Waals surface area contributed by atoms with Gasteiger partial charge in [-0.1, -0.05) is 67.1 Å². The van der Waals surface area contributed by atoms with Gasteiger partial charge in [-0.05, 0) is 82.0 Å². The number of nitrogens with zero attached hydrogens (tertiary/aromatic N) is 5. The van der Waals surface area contributed by atoms with Crippen LogP contribution in [0.5, 0.6) is 5.75 Å². The number of piperazine rings is 1. The summed E-state index contributed by atoms with van der Waals surface area (Å²) in [6.07, 6.45) is 0.366. The summed E-state index contributed by atoms with van der Waals surface area (Å²) in [5.41, 5.74) is 5.16. The molecule has 0 radical (unpaired) electrons. The zero-order valence-electron chi connectivity index (χ0n) is 31.2. The number of para-hydroxylation sites is 2. The maximum absolute atomic E-state index is 14.4. The summed E-state index contributed by atoms with van der Waals surface area (Å²) in [6.45, 7) is 6.83. The third-order valence-electron chi connectivity index (χ3n) is 9.91. The number of ether oxygens (including phenoxy) is 1.